The molecule has 2 aromatic heterocycles. The van der Waals surface area contributed by atoms with Gasteiger partial charge in [0, 0.05) is 62.9 Å². The molecule has 10 heteroatoms. The molecule has 2 bridgehead atoms. The summed E-state index contributed by atoms with van der Waals surface area (Å²) in [5.74, 6) is -2.22. The van der Waals surface area contributed by atoms with Crippen LogP contribution in [0.4, 0.5) is 20.5 Å². The van der Waals surface area contributed by atoms with Crippen molar-refractivity contribution in [1.82, 2.24) is 19.4 Å². The molecule has 3 aliphatic heterocycles. The Balaban J connectivity index is 1.53. The summed E-state index contributed by atoms with van der Waals surface area (Å²) in [6, 6.07) is 5.94. The SMILES string of the molecule is CNc1ccnc(N2C[C@@H]3C[C@H](C2)[C@H](C(=O)N2CCC(F)(F)C2)n2c3cccc2=O)n1. The van der Waals surface area contributed by atoms with E-state index >= 15 is 0 Å². The Hall–Kier alpha value is -3.04. The number of carbonyl (C=O) groups excluding carboxylic acids is 1. The number of pyridine rings is 1. The minimum Gasteiger partial charge on any atom is -0.373 e. The summed E-state index contributed by atoms with van der Waals surface area (Å²) >= 11 is 0. The molecule has 0 aliphatic carbocycles. The Morgan fingerprint density at radius 1 is 1.26 bits per heavy atom. The molecular weight excluding hydrogens is 406 g/mol. The third-order valence-electron chi connectivity index (χ3n) is 6.56. The molecule has 3 atom stereocenters. The number of piperidine rings is 1. The third kappa shape index (κ3) is 3.43. The van der Waals surface area contributed by atoms with Crippen LogP contribution >= 0.6 is 0 Å². The van der Waals surface area contributed by atoms with Crippen molar-refractivity contribution < 1.29 is 13.6 Å². The highest BCUT2D eigenvalue weighted by atomic mass is 19.3. The molecular formula is C21H24F2N6O2. The van der Waals surface area contributed by atoms with Crippen LogP contribution in [0, 0.1) is 5.92 Å². The van der Waals surface area contributed by atoms with Crippen molar-refractivity contribution >= 4 is 17.7 Å². The number of fused-ring (bicyclic) bond motifs is 4. The minimum absolute atomic E-state index is 0.00639. The van der Waals surface area contributed by atoms with Gasteiger partial charge in [-0.2, -0.15) is 4.98 Å². The van der Waals surface area contributed by atoms with E-state index in [1.165, 1.54) is 11.0 Å². The number of amides is 1. The first-order valence-electron chi connectivity index (χ1n) is 10.5. The molecule has 1 N–H and O–H groups in total. The standard InChI is InChI=1S/C21H24F2N6O2/c1-24-16-5-7-25-20(26-16)28-10-13-9-14(11-28)18(29-15(13)3-2-4-17(29)30)19(31)27-8-6-21(22,23)12-27/h2-5,7,13-14,18H,6,8-12H2,1H3,(H,24,25,26)/t13-,14+,18+/m0/s1. The van der Waals surface area contributed by atoms with Crippen LogP contribution in [-0.4, -0.2) is 64.5 Å². The maximum atomic E-state index is 13.8. The lowest BCUT2D eigenvalue weighted by molar-refractivity contribution is -0.137. The molecule has 0 saturated carbocycles. The van der Waals surface area contributed by atoms with Gasteiger partial charge in [0.05, 0.1) is 6.54 Å². The number of anilines is 2. The predicted octanol–water partition coefficient (Wildman–Crippen LogP) is 1.71. The van der Waals surface area contributed by atoms with Gasteiger partial charge in [0.1, 0.15) is 11.9 Å². The molecule has 2 fully saturated rings. The maximum Gasteiger partial charge on any atom is 0.267 e. The molecule has 5 heterocycles. The predicted molar refractivity (Wildman–Crippen MR) is 111 cm³/mol. The van der Waals surface area contributed by atoms with E-state index in [0.29, 0.717) is 31.3 Å². The van der Waals surface area contributed by atoms with Crippen molar-refractivity contribution in [2.45, 2.75) is 30.7 Å². The quantitative estimate of drug-likeness (QED) is 0.798. The molecule has 5 rings (SSSR count). The number of likely N-dealkylation sites (tertiary alicyclic amines) is 1. The van der Waals surface area contributed by atoms with Gasteiger partial charge in [-0.15, -0.1) is 0 Å². The van der Waals surface area contributed by atoms with Crippen LogP contribution in [0.25, 0.3) is 0 Å². The first-order valence-corrected chi connectivity index (χ1v) is 10.5. The van der Waals surface area contributed by atoms with Gasteiger partial charge in [-0.1, -0.05) is 6.07 Å². The monoisotopic (exact) mass is 430 g/mol. The highest BCUT2D eigenvalue weighted by molar-refractivity contribution is 5.82. The normalized spacial score (nSPS) is 26.5. The summed E-state index contributed by atoms with van der Waals surface area (Å²) in [7, 11) is 1.78. The van der Waals surface area contributed by atoms with Crippen molar-refractivity contribution in [1.29, 1.82) is 0 Å². The van der Waals surface area contributed by atoms with Gasteiger partial charge in [0.15, 0.2) is 0 Å². The number of alkyl halides is 2. The van der Waals surface area contributed by atoms with Crippen LogP contribution in [0.3, 0.4) is 0 Å². The van der Waals surface area contributed by atoms with Crippen LogP contribution in [0.5, 0.6) is 0 Å². The summed E-state index contributed by atoms with van der Waals surface area (Å²) in [6.45, 7) is 0.514. The first kappa shape index (κ1) is 19.9. The van der Waals surface area contributed by atoms with Crippen molar-refractivity contribution in [3.05, 3.63) is 46.5 Å². The Morgan fingerprint density at radius 2 is 2.10 bits per heavy atom. The number of halogens is 2. The Kier molecular flexibility index (Phi) is 4.67. The van der Waals surface area contributed by atoms with Crippen LogP contribution < -0.4 is 15.8 Å². The lowest BCUT2D eigenvalue weighted by Gasteiger charge is -2.46. The fraction of sp³-hybridized carbons (Fsp3) is 0.524. The Bertz CT molecular complexity index is 1070. The molecule has 8 nitrogen and oxygen atoms in total. The van der Waals surface area contributed by atoms with Crippen LogP contribution in [0.1, 0.15) is 30.5 Å². The summed E-state index contributed by atoms with van der Waals surface area (Å²) in [5.41, 5.74) is 0.501. The molecule has 2 aromatic rings. The topological polar surface area (TPSA) is 83.4 Å². The molecule has 3 aliphatic rings. The molecule has 0 unspecified atom stereocenters. The zero-order valence-corrected chi connectivity index (χ0v) is 17.2. The van der Waals surface area contributed by atoms with Gasteiger partial charge < -0.3 is 15.1 Å². The zero-order valence-electron chi connectivity index (χ0n) is 17.2. The minimum atomic E-state index is -2.88. The number of nitrogens with one attached hydrogen (secondary N) is 1. The van der Waals surface area contributed by atoms with E-state index in [4.69, 9.17) is 0 Å². The van der Waals surface area contributed by atoms with Crippen LogP contribution in [-0.2, 0) is 4.79 Å². The lowest BCUT2D eigenvalue weighted by atomic mass is 9.78. The van der Waals surface area contributed by atoms with Crippen molar-refractivity contribution in [2.75, 3.05) is 43.4 Å². The zero-order chi connectivity index (χ0) is 21.8. The van der Waals surface area contributed by atoms with E-state index in [9.17, 15) is 18.4 Å². The number of aromatic nitrogens is 3. The third-order valence-corrected chi connectivity index (χ3v) is 6.56. The number of rotatable bonds is 3. The molecule has 31 heavy (non-hydrogen) atoms. The second kappa shape index (κ2) is 7.28. The second-order valence-corrected chi connectivity index (χ2v) is 8.56. The maximum absolute atomic E-state index is 13.8. The number of nitrogens with zero attached hydrogens (tertiary/aromatic N) is 5. The van der Waals surface area contributed by atoms with E-state index in [0.717, 1.165) is 5.69 Å². The molecule has 0 aromatic carbocycles. The van der Waals surface area contributed by atoms with E-state index in [1.807, 2.05) is 11.0 Å². The highest BCUT2D eigenvalue weighted by Gasteiger charge is 2.48. The van der Waals surface area contributed by atoms with Gasteiger partial charge in [-0.05, 0) is 18.6 Å². The highest BCUT2D eigenvalue weighted by Crippen LogP contribution is 2.43. The Labute approximate surface area is 177 Å². The molecule has 2 saturated heterocycles. The average Bonchev–Trinajstić information content (AvgIpc) is 3.14. The van der Waals surface area contributed by atoms with E-state index in [-0.39, 0.29) is 30.4 Å². The molecule has 0 spiro atoms. The van der Waals surface area contributed by atoms with Crippen molar-refractivity contribution in [3.63, 3.8) is 0 Å². The van der Waals surface area contributed by atoms with E-state index in [2.05, 4.69) is 15.3 Å². The van der Waals surface area contributed by atoms with Gasteiger partial charge in [-0.25, -0.2) is 13.8 Å². The largest absolute Gasteiger partial charge is 0.373 e. The van der Waals surface area contributed by atoms with Gasteiger partial charge in [0.25, 0.3) is 11.5 Å². The first-order chi connectivity index (χ1) is 14.9. The fourth-order valence-electron chi connectivity index (χ4n) is 5.17. The van der Waals surface area contributed by atoms with Crippen LogP contribution in [0.2, 0.25) is 0 Å². The number of hydrogen-bond acceptors (Lipinski definition) is 6. The Morgan fingerprint density at radius 3 is 2.84 bits per heavy atom. The smallest absolute Gasteiger partial charge is 0.267 e. The summed E-state index contributed by atoms with van der Waals surface area (Å²) in [6.07, 6.45) is 2.05. The van der Waals surface area contributed by atoms with Crippen molar-refractivity contribution in [2.24, 2.45) is 5.92 Å². The average molecular weight is 430 g/mol. The second-order valence-electron chi connectivity index (χ2n) is 8.56. The molecule has 1 amide bonds. The van der Waals surface area contributed by atoms with Crippen molar-refractivity contribution in [3.8, 4) is 0 Å². The van der Waals surface area contributed by atoms with Crippen LogP contribution in [0.15, 0.2) is 35.3 Å². The van der Waals surface area contributed by atoms with E-state index in [1.54, 1.807) is 29.9 Å². The fourth-order valence-corrected chi connectivity index (χ4v) is 5.17. The summed E-state index contributed by atoms with van der Waals surface area (Å²) < 4.78 is 29.2. The number of hydrogen-bond donors (Lipinski definition) is 1. The van der Waals surface area contributed by atoms with Gasteiger partial charge in [-0.3, -0.25) is 14.2 Å². The lowest BCUT2D eigenvalue weighted by Crippen LogP contribution is -2.54. The summed E-state index contributed by atoms with van der Waals surface area (Å²) in [4.78, 5) is 38.4. The number of carbonyl (C=O) groups is 1. The molecule has 164 valence electrons. The van der Waals surface area contributed by atoms with E-state index < -0.39 is 24.4 Å². The summed E-state index contributed by atoms with van der Waals surface area (Å²) in [5, 5.41) is 3.00. The van der Waals surface area contributed by atoms with Gasteiger partial charge in [0.2, 0.25) is 11.9 Å². The molecule has 0 radical (unpaired) electrons. The van der Waals surface area contributed by atoms with Gasteiger partial charge >= 0.3 is 0 Å².